The average molecular weight is 692 g/mol. The maximum Gasteiger partial charge on any atom is 0.407 e. The van der Waals surface area contributed by atoms with Crippen molar-refractivity contribution in [3.05, 3.63) is 72.1 Å². The third-order valence-corrected chi connectivity index (χ3v) is 10.8. The number of alkyl carbamates (subject to hydrolysis) is 1. The molecule has 0 spiro atoms. The maximum atomic E-state index is 13.7. The van der Waals surface area contributed by atoms with Gasteiger partial charge in [-0.2, -0.15) is 0 Å². The molecule has 3 fully saturated rings. The predicted molar refractivity (Wildman–Crippen MR) is 190 cm³/mol. The third kappa shape index (κ3) is 6.89. The Kier molecular flexibility index (Phi) is 9.33. The third-order valence-electron chi connectivity index (χ3n) is 10.8. The van der Waals surface area contributed by atoms with Crippen LogP contribution in [0.4, 0.5) is 4.79 Å². The number of benzene rings is 2. The lowest BCUT2D eigenvalue weighted by Crippen LogP contribution is -2.48. The number of ether oxygens (including phenoxy) is 2. The zero-order valence-electron chi connectivity index (χ0n) is 29.0. The maximum absolute atomic E-state index is 13.7. The number of hydrogen-bond donors (Lipinski definition) is 3. The highest BCUT2D eigenvalue weighted by Gasteiger charge is 2.40. The van der Waals surface area contributed by atoms with Crippen LogP contribution in [0.15, 0.2) is 54.7 Å². The Balaban J connectivity index is 0.988. The molecule has 2 saturated heterocycles. The fourth-order valence-electron chi connectivity index (χ4n) is 7.83. The number of fused-ring (bicyclic) bond motifs is 4. The molecule has 1 saturated carbocycles. The van der Waals surface area contributed by atoms with Crippen molar-refractivity contribution in [3.8, 4) is 33.6 Å². The van der Waals surface area contributed by atoms with Crippen LogP contribution in [0.25, 0.3) is 33.6 Å². The van der Waals surface area contributed by atoms with E-state index in [0.29, 0.717) is 26.2 Å². The summed E-state index contributed by atoms with van der Waals surface area (Å²) in [5.41, 5.74) is 6.86. The second-order valence-corrected chi connectivity index (χ2v) is 14.2. The summed E-state index contributed by atoms with van der Waals surface area (Å²) in [6.45, 7) is 2.35. The first kappa shape index (κ1) is 33.2. The van der Waals surface area contributed by atoms with Crippen LogP contribution < -0.4 is 5.32 Å². The van der Waals surface area contributed by atoms with E-state index in [9.17, 15) is 14.4 Å². The first-order valence-corrected chi connectivity index (χ1v) is 18.3. The Hall–Kier alpha value is -4.97. The molecule has 51 heavy (non-hydrogen) atoms. The van der Waals surface area contributed by atoms with Gasteiger partial charge in [0.05, 0.1) is 49.1 Å². The number of aromatic amines is 2. The average Bonchev–Trinajstić information content (AvgIpc) is 3.57. The summed E-state index contributed by atoms with van der Waals surface area (Å²) in [6, 6.07) is 16.0. The quantitative estimate of drug-likeness (QED) is 0.215. The summed E-state index contributed by atoms with van der Waals surface area (Å²) in [5, 5.41) is 2.75. The minimum absolute atomic E-state index is 0.0374. The van der Waals surface area contributed by atoms with Crippen LogP contribution in [-0.4, -0.2) is 80.5 Å². The van der Waals surface area contributed by atoms with Crippen LogP contribution >= 0.6 is 0 Å². The number of amides is 3. The number of nitrogens with zero attached hydrogens (tertiary/aromatic N) is 4. The van der Waals surface area contributed by atoms with Crippen LogP contribution in [0.5, 0.6) is 0 Å². The first-order chi connectivity index (χ1) is 25.0. The van der Waals surface area contributed by atoms with Gasteiger partial charge in [-0.1, -0.05) is 48.5 Å². The normalized spacial score (nSPS) is 22.5. The lowest BCUT2D eigenvalue weighted by atomic mass is 10.0. The Bertz CT molecular complexity index is 1880. The van der Waals surface area contributed by atoms with Crippen molar-refractivity contribution in [2.45, 2.75) is 82.5 Å². The van der Waals surface area contributed by atoms with E-state index < -0.39 is 12.1 Å². The monoisotopic (exact) mass is 691 g/mol. The highest BCUT2D eigenvalue weighted by molar-refractivity contribution is 5.86. The molecule has 4 aromatic rings. The summed E-state index contributed by atoms with van der Waals surface area (Å²) in [4.78, 5) is 59.2. The van der Waals surface area contributed by atoms with E-state index in [1.807, 2.05) is 16.0 Å². The summed E-state index contributed by atoms with van der Waals surface area (Å²) in [6.07, 6.45) is 8.95. The number of imidazole rings is 2. The van der Waals surface area contributed by atoms with E-state index in [2.05, 4.69) is 63.8 Å². The molecule has 3 atom stereocenters. The van der Waals surface area contributed by atoms with Crippen molar-refractivity contribution in [1.29, 1.82) is 0 Å². The van der Waals surface area contributed by atoms with Gasteiger partial charge in [-0.05, 0) is 74.5 Å². The molecule has 3 amide bonds. The zero-order chi connectivity index (χ0) is 34.9. The molecule has 2 bridgehead atoms. The van der Waals surface area contributed by atoms with E-state index in [0.717, 1.165) is 109 Å². The molecular formula is C39H45N7O5. The van der Waals surface area contributed by atoms with Crippen LogP contribution in [0.3, 0.4) is 0 Å². The van der Waals surface area contributed by atoms with Gasteiger partial charge in [-0.3, -0.25) is 9.59 Å². The Morgan fingerprint density at radius 2 is 1.53 bits per heavy atom. The van der Waals surface area contributed by atoms with Crippen LogP contribution in [0, 0.1) is 5.92 Å². The van der Waals surface area contributed by atoms with E-state index in [1.165, 1.54) is 7.11 Å². The standard InChI is InChI=1S/C39H45N7O5/c1-50-39(49)43-29-6-2-3-21-51-23-31-34(44-36(42-31)33-8-5-20-46(33)38(29)48)27-15-11-25(12-16-27)24-9-13-26(14-10-24)30-22-40-35(41-30)32-7-4-19-45(32)37(47)28-17-18-28/h9-16,22,28-29,32-33H,2-8,17-21,23H2,1H3,(H,40,41)(H,42,44)(H,43,49)/t29-,32-,33-/m0/s1. The van der Waals surface area contributed by atoms with Crippen molar-refractivity contribution < 1.29 is 23.9 Å². The molecule has 5 heterocycles. The van der Waals surface area contributed by atoms with Crippen LogP contribution in [0.1, 0.15) is 87.2 Å². The Morgan fingerprint density at radius 1 is 0.824 bits per heavy atom. The number of hydrogen-bond acceptors (Lipinski definition) is 7. The van der Waals surface area contributed by atoms with Gasteiger partial charge in [0.15, 0.2) is 0 Å². The Labute approximate surface area is 297 Å². The smallest absolute Gasteiger partial charge is 0.407 e. The highest BCUT2D eigenvalue weighted by atomic mass is 16.5. The molecule has 4 aliphatic rings. The van der Waals surface area contributed by atoms with Crippen molar-refractivity contribution in [2.75, 3.05) is 26.8 Å². The van der Waals surface area contributed by atoms with Crippen molar-refractivity contribution in [2.24, 2.45) is 5.92 Å². The number of likely N-dealkylation sites (tertiary alicyclic amines) is 1. The van der Waals surface area contributed by atoms with Crippen molar-refractivity contribution >= 4 is 17.9 Å². The van der Waals surface area contributed by atoms with Crippen molar-refractivity contribution in [3.63, 3.8) is 0 Å². The second-order valence-electron chi connectivity index (χ2n) is 14.2. The molecular weight excluding hydrogens is 646 g/mol. The lowest BCUT2D eigenvalue weighted by Gasteiger charge is -2.28. The number of H-pyrrole nitrogens is 2. The molecule has 0 radical (unpaired) electrons. The van der Waals surface area contributed by atoms with Crippen molar-refractivity contribution in [1.82, 2.24) is 35.1 Å². The van der Waals surface area contributed by atoms with E-state index in [1.54, 1.807) is 0 Å². The summed E-state index contributed by atoms with van der Waals surface area (Å²) >= 11 is 0. The highest BCUT2D eigenvalue weighted by Crippen LogP contribution is 2.39. The molecule has 3 aliphatic heterocycles. The molecule has 8 rings (SSSR count). The minimum Gasteiger partial charge on any atom is -0.453 e. The van der Waals surface area contributed by atoms with Gasteiger partial charge in [0, 0.05) is 31.2 Å². The van der Waals surface area contributed by atoms with Gasteiger partial charge in [0.25, 0.3) is 0 Å². The minimum atomic E-state index is -0.655. The molecule has 266 valence electrons. The molecule has 2 aromatic carbocycles. The number of methoxy groups -OCH3 is 1. The van der Waals surface area contributed by atoms with Gasteiger partial charge in [-0.25, -0.2) is 14.8 Å². The van der Waals surface area contributed by atoms with E-state index in [-0.39, 0.29) is 29.8 Å². The van der Waals surface area contributed by atoms with Gasteiger partial charge in [-0.15, -0.1) is 0 Å². The SMILES string of the molecule is COC(=O)N[C@H]1CCCCOCc2[nH]c(nc2-c2ccc(-c3ccc(-c4cnc([C@@H]5CCCN5C(=O)C5CC5)[nH]4)cc3)cc2)[C@@H]2CCCN2C1=O. The fourth-order valence-corrected chi connectivity index (χ4v) is 7.83. The molecule has 12 heteroatoms. The number of nitrogens with one attached hydrogen (secondary N) is 3. The molecule has 3 N–H and O–H groups in total. The number of carbonyl (C=O) groups excluding carboxylic acids is 3. The first-order valence-electron chi connectivity index (χ1n) is 18.3. The van der Waals surface area contributed by atoms with Gasteiger partial charge < -0.3 is 34.6 Å². The van der Waals surface area contributed by atoms with Gasteiger partial charge in [0.2, 0.25) is 11.8 Å². The fraction of sp³-hybridized carbons (Fsp3) is 0.462. The molecule has 12 nitrogen and oxygen atoms in total. The largest absolute Gasteiger partial charge is 0.453 e. The number of aromatic nitrogens is 4. The molecule has 1 aliphatic carbocycles. The second kappa shape index (κ2) is 14.3. The van der Waals surface area contributed by atoms with E-state index in [4.69, 9.17) is 19.4 Å². The summed E-state index contributed by atoms with van der Waals surface area (Å²) in [5.74, 6) is 2.01. The summed E-state index contributed by atoms with van der Waals surface area (Å²) in [7, 11) is 1.31. The Morgan fingerprint density at radius 3 is 2.27 bits per heavy atom. The van der Waals surface area contributed by atoms with Crippen LogP contribution in [-0.2, 0) is 25.7 Å². The zero-order valence-corrected chi connectivity index (χ0v) is 29.0. The van der Waals surface area contributed by atoms with Gasteiger partial charge in [0.1, 0.15) is 17.7 Å². The lowest BCUT2D eigenvalue weighted by molar-refractivity contribution is -0.135. The van der Waals surface area contributed by atoms with E-state index >= 15 is 0 Å². The number of carbonyl (C=O) groups is 3. The molecule has 2 aromatic heterocycles. The molecule has 0 unspecified atom stereocenters. The topological polar surface area (TPSA) is 146 Å². The summed E-state index contributed by atoms with van der Waals surface area (Å²) < 4.78 is 10.9. The predicted octanol–water partition coefficient (Wildman–Crippen LogP) is 6.30. The number of rotatable bonds is 6. The van der Waals surface area contributed by atoms with Crippen LogP contribution in [0.2, 0.25) is 0 Å². The van der Waals surface area contributed by atoms with Gasteiger partial charge >= 0.3 is 6.09 Å².